The van der Waals surface area contributed by atoms with E-state index < -0.39 is 10.0 Å². The average Bonchev–Trinajstić information content (AvgIpc) is 2.74. The number of benzene rings is 1. The Morgan fingerprint density at radius 2 is 1.80 bits per heavy atom. The van der Waals surface area contributed by atoms with Crippen LogP contribution in [0.3, 0.4) is 0 Å². The Morgan fingerprint density at radius 3 is 2.53 bits per heavy atom. The second-order valence-electron chi connectivity index (χ2n) is 6.42. The van der Waals surface area contributed by atoms with E-state index in [1.807, 2.05) is 36.5 Å². The smallest absolute Gasteiger partial charge is 0.233 e. The monoisotopic (exact) mass is 430 g/mol. The highest BCUT2D eigenvalue weighted by molar-refractivity contribution is 7.89. The van der Waals surface area contributed by atoms with Crippen molar-refractivity contribution in [1.29, 1.82) is 5.26 Å². The van der Waals surface area contributed by atoms with Crippen LogP contribution in [-0.2, 0) is 21.5 Å². The van der Waals surface area contributed by atoms with Crippen molar-refractivity contribution < 1.29 is 13.3 Å². The van der Waals surface area contributed by atoms with E-state index in [2.05, 4.69) is 25.5 Å². The lowest BCUT2D eigenvalue weighted by molar-refractivity contribution is 0.0795. The standard InChI is InChI=1S/C20H26N6O3S/c21-17-24-20(25-19-10-13-22-14-11-19)23-12-6-1-2-7-15-30(27,28)26-29-16-18-8-4-3-5-9-18/h3-5,8-11,13-14,26H,1-2,6-7,12,15-16H2,(H2,22,23,24,25). The van der Waals surface area contributed by atoms with Crippen LogP contribution in [0.1, 0.15) is 31.2 Å². The third-order valence-corrected chi connectivity index (χ3v) is 5.17. The molecule has 0 radical (unpaired) electrons. The van der Waals surface area contributed by atoms with E-state index in [4.69, 9.17) is 10.1 Å². The molecule has 9 nitrogen and oxygen atoms in total. The van der Waals surface area contributed by atoms with Gasteiger partial charge in [0, 0.05) is 24.6 Å². The fourth-order valence-corrected chi connectivity index (χ4v) is 3.41. The minimum atomic E-state index is -3.46. The van der Waals surface area contributed by atoms with Crippen molar-refractivity contribution in [2.24, 2.45) is 4.99 Å². The van der Waals surface area contributed by atoms with Gasteiger partial charge in [-0.15, -0.1) is 0 Å². The number of nitrogens with one attached hydrogen (secondary N) is 3. The minimum absolute atomic E-state index is 0.00982. The molecule has 2 aromatic rings. The Bertz CT molecular complexity index is 915. The SMILES string of the molecule is N#CNC(=NCCCCCCS(=O)(=O)NOCc1ccccc1)Nc1ccncc1. The maximum absolute atomic E-state index is 11.9. The van der Waals surface area contributed by atoms with E-state index in [1.165, 1.54) is 0 Å². The fraction of sp³-hybridized carbons (Fsp3) is 0.350. The second-order valence-corrected chi connectivity index (χ2v) is 8.22. The Labute approximate surface area is 177 Å². The van der Waals surface area contributed by atoms with Crippen LogP contribution < -0.4 is 15.5 Å². The van der Waals surface area contributed by atoms with Crippen LogP contribution in [0, 0.1) is 11.5 Å². The number of nitriles is 1. The molecule has 10 heteroatoms. The highest BCUT2D eigenvalue weighted by Gasteiger charge is 2.09. The quantitative estimate of drug-likeness (QED) is 0.118. The van der Waals surface area contributed by atoms with Crippen LogP contribution in [0.4, 0.5) is 5.69 Å². The van der Waals surface area contributed by atoms with Crippen molar-refractivity contribution >= 4 is 21.7 Å². The lowest BCUT2D eigenvalue weighted by Crippen LogP contribution is -2.27. The third kappa shape index (κ3) is 9.97. The fourth-order valence-electron chi connectivity index (χ4n) is 2.50. The number of aliphatic imine (C=N–C) groups is 1. The summed E-state index contributed by atoms with van der Waals surface area (Å²) in [6.45, 7) is 0.706. The first-order valence-electron chi connectivity index (χ1n) is 9.61. The molecule has 0 saturated carbocycles. The first-order valence-corrected chi connectivity index (χ1v) is 11.3. The van der Waals surface area contributed by atoms with Crippen molar-refractivity contribution in [2.75, 3.05) is 17.6 Å². The molecule has 1 aromatic heterocycles. The Kier molecular flexibility index (Phi) is 10.3. The number of sulfonamides is 1. The molecule has 1 aromatic carbocycles. The Balaban J connectivity index is 1.59. The van der Waals surface area contributed by atoms with Crippen molar-refractivity contribution in [2.45, 2.75) is 32.3 Å². The van der Waals surface area contributed by atoms with Gasteiger partial charge in [-0.3, -0.25) is 20.1 Å². The summed E-state index contributed by atoms with van der Waals surface area (Å²) in [5, 5.41) is 14.3. The van der Waals surface area contributed by atoms with Crippen LogP contribution >= 0.6 is 0 Å². The van der Waals surface area contributed by atoms with Gasteiger partial charge in [0.15, 0.2) is 6.19 Å². The van der Waals surface area contributed by atoms with Gasteiger partial charge in [0.1, 0.15) is 0 Å². The Morgan fingerprint density at radius 1 is 1.07 bits per heavy atom. The molecule has 1 heterocycles. The van der Waals surface area contributed by atoms with E-state index in [0.717, 1.165) is 30.5 Å². The summed E-state index contributed by atoms with van der Waals surface area (Å²) >= 11 is 0. The molecule has 30 heavy (non-hydrogen) atoms. The van der Waals surface area contributed by atoms with Gasteiger partial charge < -0.3 is 5.32 Å². The molecular formula is C20H26N6O3S. The molecule has 0 saturated heterocycles. The zero-order valence-electron chi connectivity index (χ0n) is 16.6. The summed E-state index contributed by atoms with van der Waals surface area (Å²) < 4.78 is 23.9. The number of hydrogen-bond acceptors (Lipinski definition) is 6. The van der Waals surface area contributed by atoms with E-state index in [9.17, 15) is 8.42 Å². The van der Waals surface area contributed by atoms with Gasteiger partial charge in [-0.05, 0) is 30.5 Å². The van der Waals surface area contributed by atoms with E-state index in [0.29, 0.717) is 18.9 Å². The number of guanidine groups is 1. The topological polar surface area (TPSA) is 128 Å². The van der Waals surface area contributed by atoms with Gasteiger partial charge in [-0.1, -0.05) is 48.1 Å². The zero-order valence-corrected chi connectivity index (χ0v) is 17.4. The molecule has 0 amide bonds. The number of nitrogens with zero attached hydrogens (tertiary/aromatic N) is 3. The summed E-state index contributed by atoms with van der Waals surface area (Å²) in [6.07, 6.45) is 8.04. The van der Waals surface area contributed by atoms with Gasteiger partial charge in [-0.25, -0.2) is 8.42 Å². The summed E-state index contributed by atoms with van der Waals surface area (Å²) in [5.74, 6) is 0.377. The molecular weight excluding hydrogens is 404 g/mol. The van der Waals surface area contributed by atoms with Crippen LogP contribution in [-0.4, -0.2) is 31.7 Å². The highest BCUT2D eigenvalue weighted by atomic mass is 32.2. The molecule has 0 bridgehead atoms. The van der Waals surface area contributed by atoms with Crippen molar-refractivity contribution in [3.8, 4) is 6.19 Å². The summed E-state index contributed by atoms with van der Waals surface area (Å²) in [5.41, 5.74) is 1.67. The first kappa shape index (κ1) is 23.3. The van der Waals surface area contributed by atoms with E-state index in [-0.39, 0.29) is 12.4 Å². The van der Waals surface area contributed by atoms with Gasteiger partial charge in [-0.2, -0.15) is 5.26 Å². The molecule has 0 aliphatic heterocycles. The molecule has 0 aliphatic carbocycles. The number of pyridine rings is 1. The summed E-state index contributed by atoms with van der Waals surface area (Å²) in [4.78, 5) is 15.5. The third-order valence-electron chi connectivity index (χ3n) is 3.98. The van der Waals surface area contributed by atoms with E-state index >= 15 is 0 Å². The van der Waals surface area contributed by atoms with Gasteiger partial charge in [0.25, 0.3) is 0 Å². The van der Waals surface area contributed by atoms with Crippen LogP contribution in [0.2, 0.25) is 0 Å². The number of hydrogen-bond donors (Lipinski definition) is 3. The number of anilines is 1. The predicted octanol–water partition coefficient (Wildman–Crippen LogP) is 2.53. The molecule has 0 aliphatic rings. The summed E-state index contributed by atoms with van der Waals surface area (Å²) in [7, 11) is -3.46. The maximum atomic E-state index is 11.9. The van der Waals surface area contributed by atoms with E-state index in [1.54, 1.807) is 24.5 Å². The van der Waals surface area contributed by atoms with Crippen LogP contribution in [0.25, 0.3) is 0 Å². The predicted molar refractivity (Wildman–Crippen MR) is 116 cm³/mol. The second kappa shape index (κ2) is 13.3. The van der Waals surface area contributed by atoms with Gasteiger partial charge >= 0.3 is 0 Å². The first-order chi connectivity index (χ1) is 14.6. The number of rotatable bonds is 12. The zero-order chi connectivity index (χ0) is 21.5. The van der Waals surface area contributed by atoms with Crippen molar-refractivity contribution in [3.05, 3.63) is 60.4 Å². The molecule has 0 spiro atoms. The molecule has 0 atom stereocenters. The van der Waals surface area contributed by atoms with Crippen LogP contribution in [0.5, 0.6) is 0 Å². The number of unbranched alkanes of at least 4 members (excludes halogenated alkanes) is 3. The normalized spacial score (nSPS) is 11.6. The molecule has 0 fully saturated rings. The molecule has 3 N–H and O–H groups in total. The number of aromatic nitrogens is 1. The molecule has 2 rings (SSSR count). The minimum Gasteiger partial charge on any atom is -0.325 e. The lowest BCUT2D eigenvalue weighted by atomic mass is 10.2. The maximum Gasteiger partial charge on any atom is 0.233 e. The largest absolute Gasteiger partial charge is 0.325 e. The molecule has 160 valence electrons. The van der Waals surface area contributed by atoms with Crippen LogP contribution in [0.15, 0.2) is 59.9 Å². The summed E-state index contributed by atoms with van der Waals surface area (Å²) in [6, 6.07) is 12.9. The average molecular weight is 431 g/mol. The molecule has 0 unspecified atom stereocenters. The lowest BCUT2D eigenvalue weighted by Gasteiger charge is -2.08. The highest BCUT2D eigenvalue weighted by Crippen LogP contribution is 2.05. The van der Waals surface area contributed by atoms with Crippen molar-refractivity contribution in [1.82, 2.24) is 15.2 Å². The Hall–Kier alpha value is -3.00. The van der Waals surface area contributed by atoms with Crippen molar-refractivity contribution in [3.63, 3.8) is 0 Å². The van der Waals surface area contributed by atoms with Gasteiger partial charge in [0.05, 0.1) is 12.4 Å². The van der Waals surface area contributed by atoms with Gasteiger partial charge in [0.2, 0.25) is 16.0 Å².